The molecule has 0 aromatic rings. The lowest BCUT2D eigenvalue weighted by Gasteiger charge is -2.00. The van der Waals surface area contributed by atoms with Gasteiger partial charge in [-0.1, -0.05) is 0 Å². The van der Waals surface area contributed by atoms with Crippen LogP contribution in [0, 0.1) is 0 Å². The second kappa shape index (κ2) is 5.50. The third-order valence-corrected chi connectivity index (χ3v) is 1.88. The predicted octanol–water partition coefficient (Wildman–Crippen LogP) is 0.501. The van der Waals surface area contributed by atoms with E-state index in [2.05, 4.69) is 0 Å². The maximum Gasteiger partial charge on any atom is 0.150 e. The summed E-state index contributed by atoms with van der Waals surface area (Å²) in [6.07, 6.45) is 7.34. The summed E-state index contributed by atoms with van der Waals surface area (Å²) in [6, 6.07) is 0. The smallest absolute Gasteiger partial charge is 0.150 e. The summed E-state index contributed by atoms with van der Waals surface area (Å²) in [7, 11) is 0. The molecule has 0 saturated heterocycles. The van der Waals surface area contributed by atoms with Crippen LogP contribution < -0.4 is 0 Å². The number of hydrogen-bond acceptors (Lipinski definition) is 4. The molecule has 0 unspecified atom stereocenters. The molecule has 0 N–H and O–H groups in total. The van der Waals surface area contributed by atoms with Crippen molar-refractivity contribution in [2.45, 2.75) is 0 Å². The Labute approximate surface area is 91.6 Å². The maximum absolute atomic E-state index is 10.6. The third kappa shape index (κ3) is 2.81. The second-order valence-corrected chi connectivity index (χ2v) is 3.05. The molecule has 0 atom stereocenters. The predicted molar refractivity (Wildman–Crippen MR) is 56.6 cm³/mol. The van der Waals surface area contributed by atoms with Crippen LogP contribution in [-0.4, -0.2) is 25.1 Å². The standard InChI is InChI=1S/C12H8O4/c13-5-9-1-10(6-14)3-12(8-16)4-11(2-9)7-15/h1-8H/b9-1+,9-2?,10-1?,10-3+,11-2+,11-4?,12-3?,12-4+. The fraction of sp³-hybridized carbons (Fsp3) is 0. The first-order valence-corrected chi connectivity index (χ1v) is 4.41. The van der Waals surface area contributed by atoms with Crippen LogP contribution in [0.2, 0.25) is 0 Å². The number of carbonyl (C=O) groups is 4. The molecular weight excluding hydrogens is 208 g/mol. The Morgan fingerprint density at radius 2 is 0.688 bits per heavy atom. The summed E-state index contributed by atoms with van der Waals surface area (Å²) in [6.45, 7) is 0. The Bertz CT molecular complexity index is 362. The lowest BCUT2D eigenvalue weighted by atomic mass is 10.0. The quantitative estimate of drug-likeness (QED) is 0.642. The molecule has 0 aliphatic heterocycles. The van der Waals surface area contributed by atoms with Crippen LogP contribution >= 0.6 is 0 Å². The van der Waals surface area contributed by atoms with E-state index in [0.717, 1.165) is 0 Å². The van der Waals surface area contributed by atoms with E-state index < -0.39 is 0 Å². The Hall–Kier alpha value is -2.36. The normalized spacial score (nSPS) is 28.5. The highest BCUT2D eigenvalue weighted by Crippen LogP contribution is 2.12. The van der Waals surface area contributed by atoms with Crippen LogP contribution in [0.1, 0.15) is 0 Å². The zero-order valence-corrected chi connectivity index (χ0v) is 8.25. The van der Waals surface area contributed by atoms with E-state index in [1.54, 1.807) is 0 Å². The Balaban J connectivity index is 3.34. The topological polar surface area (TPSA) is 68.3 Å². The molecule has 0 radical (unpaired) electrons. The number of allylic oxidation sites excluding steroid dienone is 8. The van der Waals surface area contributed by atoms with Gasteiger partial charge in [0, 0.05) is 22.3 Å². The van der Waals surface area contributed by atoms with Crippen molar-refractivity contribution in [3.8, 4) is 0 Å². The van der Waals surface area contributed by atoms with Gasteiger partial charge in [0.15, 0.2) is 0 Å². The van der Waals surface area contributed by atoms with Gasteiger partial charge in [-0.3, -0.25) is 19.2 Å². The first-order chi connectivity index (χ1) is 7.73. The molecule has 80 valence electrons. The van der Waals surface area contributed by atoms with Gasteiger partial charge in [0.05, 0.1) is 0 Å². The van der Waals surface area contributed by atoms with E-state index in [9.17, 15) is 19.2 Å². The Morgan fingerprint density at radius 1 is 0.500 bits per heavy atom. The zero-order chi connectivity index (χ0) is 12.0. The summed E-state index contributed by atoms with van der Waals surface area (Å²) in [5.74, 6) is 0. The molecule has 4 nitrogen and oxygen atoms in total. The lowest BCUT2D eigenvalue weighted by Crippen LogP contribution is -1.95. The van der Waals surface area contributed by atoms with Crippen LogP contribution in [0.5, 0.6) is 0 Å². The van der Waals surface area contributed by atoms with Crippen molar-refractivity contribution >= 4 is 25.1 Å². The van der Waals surface area contributed by atoms with E-state index in [0.29, 0.717) is 25.1 Å². The summed E-state index contributed by atoms with van der Waals surface area (Å²) >= 11 is 0. The minimum Gasteiger partial charge on any atom is -0.298 e. The molecule has 4 heteroatoms. The number of rotatable bonds is 4. The van der Waals surface area contributed by atoms with Crippen LogP contribution in [0.25, 0.3) is 0 Å². The summed E-state index contributed by atoms with van der Waals surface area (Å²) < 4.78 is 0. The lowest BCUT2D eigenvalue weighted by molar-refractivity contribution is -0.105. The summed E-state index contributed by atoms with van der Waals surface area (Å²) in [4.78, 5) is 42.5. The molecule has 0 bridgehead atoms. The first kappa shape index (κ1) is 11.7. The average molecular weight is 216 g/mol. The van der Waals surface area contributed by atoms with E-state index in [1.165, 1.54) is 24.3 Å². The highest BCUT2D eigenvalue weighted by Gasteiger charge is 2.04. The molecule has 0 spiro atoms. The van der Waals surface area contributed by atoms with Gasteiger partial charge in [-0.15, -0.1) is 0 Å². The SMILES string of the molecule is O=CC1=C/C(C=O)=C\C(C=O)=C/C(C=O)=C\1. The van der Waals surface area contributed by atoms with E-state index in [1.807, 2.05) is 0 Å². The average Bonchev–Trinajstić information content (AvgIpc) is 2.29. The maximum atomic E-state index is 10.6. The van der Waals surface area contributed by atoms with Crippen LogP contribution in [-0.2, 0) is 19.2 Å². The molecule has 16 heavy (non-hydrogen) atoms. The van der Waals surface area contributed by atoms with Gasteiger partial charge in [0.2, 0.25) is 0 Å². The monoisotopic (exact) mass is 216 g/mol. The van der Waals surface area contributed by atoms with Gasteiger partial charge in [-0.05, 0) is 24.3 Å². The van der Waals surface area contributed by atoms with Gasteiger partial charge in [0.25, 0.3) is 0 Å². The number of hydrogen-bond donors (Lipinski definition) is 0. The van der Waals surface area contributed by atoms with Crippen molar-refractivity contribution in [3.05, 3.63) is 46.6 Å². The van der Waals surface area contributed by atoms with Gasteiger partial charge in [-0.25, -0.2) is 0 Å². The van der Waals surface area contributed by atoms with Gasteiger partial charge >= 0.3 is 0 Å². The summed E-state index contributed by atoms with van der Waals surface area (Å²) in [5.41, 5.74) is 0.784. The largest absolute Gasteiger partial charge is 0.298 e. The van der Waals surface area contributed by atoms with Crippen LogP contribution in [0.3, 0.4) is 0 Å². The van der Waals surface area contributed by atoms with Crippen molar-refractivity contribution in [2.75, 3.05) is 0 Å². The molecule has 0 saturated carbocycles. The molecule has 0 aromatic heterocycles. The molecule has 1 aliphatic rings. The van der Waals surface area contributed by atoms with Crippen molar-refractivity contribution in [2.24, 2.45) is 0 Å². The van der Waals surface area contributed by atoms with Crippen molar-refractivity contribution in [1.82, 2.24) is 0 Å². The Kier molecular flexibility index (Phi) is 4.03. The minimum atomic E-state index is 0.196. The van der Waals surface area contributed by atoms with Gasteiger partial charge < -0.3 is 0 Å². The van der Waals surface area contributed by atoms with Crippen LogP contribution in [0.4, 0.5) is 0 Å². The second-order valence-electron chi connectivity index (χ2n) is 3.05. The third-order valence-electron chi connectivity index (χ3n) is 1.88. The molecular formula is C12H8O4. The van der Waals surface area contributed by atoms with Crippen molar-refractivity contribution in [3.63, 3.8) is 0 Å². The molecule has 1 aliphatic carbocycles. The van der Waals surface area contributed by atoms with Crippen LogP contribution in [0.15, 0.2) is 46.6 Å². The highest BCUT2D eigenvalue weighted by molar-refractivity contribution is 5.93. The van der Waals surface area contributed by atoms with Crippen molar-refractivity contribution in [1.29, 1.82) is 0 Å². The van der Waals surface area contributed by atoms with E-state index >= 15 is 0 Å². The first-order valence-electron chi connectivity index (χ1n) is 4.41. The highest BCUT2D eigenvalue weighted by atomic mass is 16.1. The number of carbonyl (C=O) groups excluding carboxylic acids is 4. The number of aldehydes is 4. The molecule has 0 amide bonds. The fourth-order valence-electron chi connectivity index (χ4n) is 1.21. The van der Waals surface area contributed by atoms with E-state index in [4.69, 9.17) is 0 Å². The van der Waals surface area contributed by atoms with Gasteiger partial charge in [0.1, 0.15) is 25.1 Å². The van der Waals surface area contributed by atoms with Gasteiger partial charge in [-0.2, -0.15) is 0 Å². The minimum absolute atomic E-state index is 0.196. The van der Waals surface area contributed by atoms with E-state index in [-0.39, 0.29) is 22.3 Å². The molecule has 1 rings (SSSR count). The molecule has 0 fully saturated rings. The molecule has 0 aromatic carbocycles. The summed E-state index contributed by atoms with van der Waals surface area (Å²) in [5, 5.41) is 0. The zero-order valence-electron chi connectivity index (χ0n) is 8.25. The molecule has 0 heterocycles. The van der Waals surface area contributed by atoms with Crippen molar-refractivity contribution < 1.29 is 19.2 Å². The fourth-order valence-corrected chi connectivity index (χ4v) is 1.21. The Morgan fingerprint density at radius 3 is 0.812 bits per heavy atom.